The molecule has 0 unspecified atom stereocenters. The topological polar surface area (TPSA) is 73.5 Å². The number of amides is 2. The van der Waals surface area contributed by atoms with Crippen molar-refractivity contribution in [2.75, 3.05) is 26.2 Å². The van der Waals surface area contributed by atoms with Gasteiger partial charge in [0.2, 0.25) is 11.8 Å². The highest BCUT2D eigenvalue weighted by Gasteiger charge is 2.32. The van der Waals surface area contributed by atoms with Crippen LogP contribution in [0.4, 0.5) is 0 Å². The van der Waals surface area contributed by atoms with Crippen LogP contribution in [0.25, 0.3) is 6.08 Å². The molecule has 2 atom stereocenters. The summed E-state index contributed by atoms with van der Waals surface area (Å²) in [7, 11) is 0. The van der Waals surface area contributed by atoms with Crippen molar-refractivity contribution in [1.82, 2.24) is 20.9 Å². The van der Waals surface area contributed by atoms with Crippen molar-refractivity contribution in [3.05, 3.63) is 113 Å². The average Bonchev–Trinajstić information content (AvgIpc) is 3.13. The quantitative estimate of drug-likeness (QED) is 0.259. The van der Waals surface area contributed by atoms with E-state index in [1.807, 2.05) is 29.2 Å². The van der Waals surface area contributed by atoms with Gasteiger partial charge in [0.25, 0.3) is 0 Å². The standard InChI is InChI=1S/C34H41ClN4O2/c1-25(2)36-21-19-32-34(41)39(24-31(27-9-5-3-6-10-27)28-11-7-4-8-12-28)22-20-30(38-32)23-37-33(40)18-15-26-13-16-29(35)17-14-26/h3-18,25,30-32,36,38H,19-24H2,1-2H3,(H,37,40)/t30-,32-/m0/s1. The molecule has 1 aliphatic heterocycles. The molecular weight excluding hydrogens is 532 g/mol. The van der Waals surface area contributed by atoms with Crippen LogP contribution in [0.2, 0.25) is 5.02 Å². The maximum atomic E-state index is 13.9. The lowest BCUT2D eigenvalue weighted by Gasteiger charge is -2.29. The molecule has 1 fully saturated rings. The van der Waals surface area contributed by atoms with Crippen LogP contribution in [0.15, 0.2) is 91.0 Å². The van der Waals surface area contributed by atoms with Crippen molar-refractivity contribution in [1.29, 1.82) is 0 Å². The number of benzene rings is 3. The second kappa shape index (κ2) is 15.5. The van der Waals surface area contributed by atoms with E-state index < -0.39 is 0 Å². The molecule has 0 aliphatic carbocycles. The van der Waals surface area contributed by atoms with Crippen molar-refractivity contribution in [2.24, 2.45) is 0 Å². The van der Waals surface area contributed by atoms with Crippen molar-refractivity contribution >= 4 is 29.5 Å². The first-order chi connectivity index (χ1) is 19.9. The van der Waals surface area contributed by atoms with E-state index in [4.69, 9.17) is 11.6 Å². The summed E-state index contributed by atoms with van der Waals surface area (Å²) in [5, 5.41) is 10.7. The smallest absolute Gasteiger partial charge is 0.244 e. The maximum Gasteiger partial charge on any atom is 0.244 e. The molecule has 6 nitrogen and oxygen atoms in total. The fraction of sp³-hybridized carbons (Fsp3) is 0.353. The van der Waals surface area contributed by atoms with Crippen LogP contribution in [-0.2, 0) is 9.59 Å². The van der Waals surface area contributed by atoms with Crippen LogP contribution in [-0.4, -0.2) is 61.0 Å². The maximum absolute atomic E-state index is 13.9. The van der Waals surface area contributed by atoms with Crippen LogP contribution in [0.5, 0.6) is 0 Å². The number of rotatable bonds is 12. The van der Waals surface area contributed by atoms with Crippen molar-refractivity contribution in [3.63, 3.8) is 0 Å². The van der Waals surface area contributed by atoms with E-state index in [1.54, 1.807) is 18.2 Å². The molecular formula is C34H41ClN4O2. The second-order valence-corrected chi connectivity index (χ2v) is 11.3. The zero-order valence-corrected chi connectivity index (χ0v) is 24.7. The van der Waals surface area contributed by atoms with E-state index in [0.29, 0.717) is 37.1 Å². The third kappa shape index (κ3) is 9.56. The highest BCUT2D eigenvalue weighted by Crippen LogP contribution is 2.27. The number of hydrogen-bond acceptors (Lipinski definition) is 4. The minimum Gasteiger partial charge on any atom is -0.351 e. The molecule has 1 heterocycles. The lowest BCUT2D eigenvalue weighted by atomic mass is 9.90. The molecule has 0 bridgehead atoms. The molecule has 0 radical (unpaired) electrons. The molecule has 1 saturated heterocycles. The predicted molar refractivity (Wildman–Crippen MR) is 168 cm³/mol. The van der Waals surface area contributed by atoms with Crippen LogP contribution >= 0.6 is 11.6 Å². The van der Waals surface area contributed by atoms with Crippen LogP contribution in [0, 0.1) is 0 Å². The van der Waals surface area contributed by atoms with Gasteiger partial charge in [-0.25, -0.2) is 0 Å². The third-order valence-corrected chi connectivity index (χ3v) is 7.66. The molecule has 41 heavy (non-hydrogen) atoms. The summed E-state index contributed by atoms with van der Waals surface area (Å²) in [5.41, 5.74) is 3.29. The van der Waals surface area contributed by atoms with Gasteiger partial charge >= 0.3 is 0 Å². The summed E-state index contributed by atoms with van der Waals surface area (Å²) in [4.78, 5) is 28.5. The van der Waals surface area contributed by atoms with Gasteiger partial charge < -0.3 is 20.9 Å². The summed E-state index contributed by atoms with van der Waals surface area (Å²) in [6, 6.07) is 28.1. The molecule has 0 spiro atoms. The Labute approximate surface area is 249 Å². The zero-order chi connectivity index (χ0) is 29.0. The average molecular weight is 573 g/mol. The summed E-state index contributed by atoms with van der Waals surface area (Å²) < 4.78 is 0. The van der Waals surface area contributed by atoms with Gasteiger partial charge in [-0.2, -0.15) is 0 Å². The van der Waals surface area contributed by atoms with E-state index in [0.717, 1.165) is 18.5 Å². The molecule has 3 aromatic carbocycles. The van der Waals surface area contributed by atoms with E-state index in [-0.39, 0.29) is 29.8 Å². The lowest BCUT2D eigenvalue weighted by Crippen LogP contribution is -2.50. The zero-order valence-electron chi connectivity index (χ0n) is 23.9. The highest BCUT2D eigenvalue weighted by atomic mass is 35.5. The van der Waals surface area contributed by atoms with Crippen LogP contribution in [0.3, 0.4) is 0 Å². The molecule has 4 rings (SSSR count). The summed E-state index contributed by atoms with van der Waals surface area (Å²) >= 11 is 5.95. The second-order valence-electron chi connectivity index (χ2n) is 10.9. The SMILES string of the molecule is CC(C)NCC[C@@H]1N[C@H](CNC(=O)C=Cc2ccc(Cl)cc2)CCN(CC(c2ccccc2)c2ccccc2)C1=O. The van der Waals surface area contributed by atoms with Gasteiger partial charge in [0, 0.05) is 48.7 Å². The normalized spacial score (nSPS) is 17.8. The Morgan fingerprint density at radius 1 is 1.00 bits per heavy atom. The van der Waals surface area contributed by atoms with Gasteiger partial charge in [-0.15, -0.1) is 0 Å². The minimum absolute atomic E-state index is 0.0206. The molecule has 2 amide bonds. The monoisotopic (exact) mass is 572 g/mol. The summed E-state index contributed by atoms with van der Waals surface area (Å²) in [6.07, 6.45) is 4.73. The van der Waals surface area contributed by atoms with Gasteiger partial charge in [-0.1, -0.05) is 98.2 Å². The van der Waals surface area contributed by atoms with Crippen molar-refractivity contribution < 1.29 is 9.59 Å². The molecule has 0 aromatic heterocycles. The Balaban J connectivity index is 1.45. The largest absolute Gasteiger partial charge is 0.351 e. The Bertz CT molecular complexity index is 1230. The van der Waals surface area contributed by atoms with Crippen LogP contribution in [0.1, 0.15) is 49.3 Å². The predicted octanol–water partition coefficient (Wildman–Crippen LogP) is 5.25. The third-order valence-electron chi connectivity index (χ3n) is 7.41. The van der Waals surface area contributed by atoms with Gasteiger partial charge in [0.05, 0.1) is 6.04 Å². The Hall–Kier alpha value is -3.45. The van der Waals surface area contributed by atoms with Gasteiger partial charge in [-0.05, 0) is 54.3 Å². The molecule has 0 saturated carbocycles. The minimum atomic E-state index is -0.331. The van der Waals surface area contributed by atoms with Gasteiger partial charge in [0.1, 0.15) is 0 Å². The van der Waals surface area contributed by atoms with Crippen molar-refractivity contribution in [2.45, 2.75) is 50.7 Å². The number of nitrogens with zero attached hydrogens (tertiary/aromatic N) is 1. The first kappa shape index (κ1) is 30.5. The van der Waals surface area contributed by atoms with Crippen LogP contribution < -0.4 is 16.0 Å². The fourth-order valence-electron chi connectivity index (χ4n) is 5.17. The van der Waals surface area contributed by atoms with E-state index in [1.165, 1.54) is 17.2 Å². The summed E-state index contributed by atoms with van der Waals surface area (Å²) in [5.74, 6) is 0.0225. The number of nitrogens with one attached hydrogen (secondary N) is 3. The first-order valence-corrected chi connectivity index (χ1v) is 14.9. The van der Waals surface area contributed by atoms with Gasteiger partial charge in [0.15, 0.2) is 0 Å². The van der Waals surface area contributed by atoms with E-state index >= 15 is 0 Å². The molecule has 216 valence electrons. The van der Waals surface area contributed by atoms with E-state index in [2.05, 4.69) is 78.3 Å². The van der Waals surface area contributed by atoms with E-state index in [9.17, 15) is 9.59 Å². The number of carbonyl (C=O) groups excluding carboxylic acids is 2. The molecule has 3 N–H and O–H groups in total. The highest BCUT2D eigenvalue weighted by molar-refractivity contribution is 6.30. The molecule has 7 heteroatoms. The van der Waals surface area contributed by atoms with Gasteiger partial charge in [-0.3, -0.25) is 9.59 Å². The summed E-state index contributed by atoms with van der Waals surface area (Å²) in [6.45, 7) is 6.62. The number of hydrogen-bond donors (Lipinski definition) is 3. The lowest BCUT2D eigenvalue weighted by molar-refractivity contribution is -0.133. The fourth-order valence-corrected chi connectivity index (χ4v) is 5.30. The van der Waals surface area contributed by atoms with Crippen molar-refractivity contribution in [3.8, 4) is 0 Å². The Morgan fingerprint density at radius 3 is 2.24 bits per heavy atom. The molecule has 3 aromatic rings. The first-order valence-electron chi connectivity index (χ1n) is 14.5. The number of halogens is 1. The number of carbonyl (C=O) groups is 2. The Kier molecular flexibility index (Phi) is 11.6. The molecule has 1 aliphatic rings. The Morgan fingerprint density at radius 2 is 1.63 bits per heavy atom.